The van der Waals surface area contributed by atoms with Crippen molar-refractivity contribution in [2.45, 2.75) is 13.5 Å². The fourth-order valence-electron chi connectivity index (χ4n) is 1.48. The van der Waals surface area contributed by atoms with Crippen LogP contribution in [0.25, 0.3) is 0 Å². The summed E-state index contributed by atoms with van der Waals surface area (Å²) in [6.45, 7) is 2.15. The molecule has 0 saturated carbocycles. The highest BCUT2D eigenvalue weighted by atomic mass is 79.9. The normalized spacial score (nSPS) is 10.5. The minimum atomic E-state index is -0.321. The Morgan fingerprint density at radius 1 is 1.35 bits per heavy atom. The number of aromatic nitrogens is 2. The summed E-state index contributed by atoms with van der Waals surface area (Å²) in [5.74, 6) is -0.321. The van der Waals surface area contributed by atoms with Gasteiger partial charge in [0.05, 0.1) is 16.7 Å². The van der Waals surface area contributed by atoms with Gasteiger partial charge in [0.1, 0.15) is 5.82 Å². The molecule has 2 aromatic rings. The smallest absolute Gasteiger partial charge is 0.267 e. The van der Waals surface area contributed by atoms with Crippen molar-refractivity contribution in [3.8, 4) is 0 Å². The number of rotatable bonds is 2. The molecule has 0 saturated heterocycles. The lowest BCUT2D eigenvalue weighted by Gasteiger charge is -2.06. The van der Waals surface area contributed by atoms with Gasteiger partial charge < -0.3 is 0 Å². The van der Waals surface area contributed by atoms with Crippen LogP contribution in [0, 0.1) is 12.7 Å². The van der Waals surface area contributed by atoms with Gasteiger partial charge in [-0.3, -0.25) is 4.79 Å². The van der Waals surface area contributed by atoms with Crippen LogP contribution in [0.4, 0.5) is 4.39 Å². The van der Waals surface area contributed by atoms with Crippen LogP contribution in [0.2, 0.25) is 0 Å². The van der Waals surface area contributed by atoms with Crippen LogP contribution in [-0.4, -0.2) is 9.78 Å². The van der Waals surface area contributed by atoms with Gasteiger partial charge >= 0.3 is 0 Å². The van der Waals surface area contributed by atoms with E-state index in [9.17, 15) is 9.18 Å². The lowest BCUT2D eigenvalue weighted by molar-refractivity contribution is 0.610. The van der Waals surface area contributed by atoms with E-state index in [0.717, 1.165) is 11.3 Å². The molecule has 0 aliphatic heterocycles. The molecule has 3 nitrogen and oxygen atoms in total. The van der Waals surface area contributed by atoms with Crippen LogP contribution < -0.4 is 5.56 Å². The van der Waals surface area contributed by atoms with Crippen molar-refractivity contribution < 1.29 is 4.39 Å². The molecule has 0 unspecified atom stereocenters. The zero-order valence-corrected chi connectivity index (χ0v) is 10.7. The van der Waals surface area contributed by atoms with E-state index in [1.54, 1.807) is 18.2 Å². The molecule has 0 aliphatic carbocycles. The summed E-state index contributed by atoms with van der Waals surface area (Å²) in [4.78, 5) is 11.5. The molecular weight excluding hydrogens is 287 g/mol. The second-order valence-electron chi connectivity index (χ2n) is 3.72. The molecule has 0 fully saturated rings. The summed E-state index contributed by atoms with van der Waals surface area (Å²) >= 11 is 3.11. The third-order valence-corrected chi connectivity index (χ3v) is 2.92. The third-order valence-electron chi connectivity index (χ3n) is 2.32. The number of benzene rings is 1. The lowest BCUT2D eigenvalue weighted by atomic mass is 10.2. The number of hydrogen-bond acceptors (Lipinski definition) is 2. The maximum Gasteiger partial charge on any atom is 0.267 e. The van der Waals surface area contributed by atoms with Gasteiger partial charge in [0.15, 0.2) is 0 Å². The molecule has 88 valence electrons. The Hall–Kier alpha value is -1.49. The predicted octanol–water partition coefficient (Wildman–Crippen LogP) is 2.50. The Morgan fingerprint density at radius 3 is 2.82 bits per heavy atom. The van der Waals surface area contributed by atoms with E-state index in [0.29, 0.717) is 11.0 Å². The van der Waals surface area contributed by atoms with Crippen LogP contribution in [0.5, 0.6) is 0 Å². The zero-order chi connectivity index (χ0) is 12.4. The highest BCUT2D eigenvalue weighted by molar-refractivity contribution is 9.10. The Balaban J connectivity index is 2.34. The SMILES string of the molecule is Cc1ccc(=O)n(Cc2ccc(F)c(Br)c2)n1. The molecular formula is C12H10BrFN2O. The Morgan fingerprint density at radius 2 is 2.12 bits per heavy atom. The van der Waals surface area contributed by atoms with E-state index in [2.05, 4.69) is 21.0 Å². The number of halogens is 2. The zero-order valence-electron chi connectivity index (χ0n) is 9.15. The van der Waals surface area contributed by atoms with Gasteiger partial charge in [-0.1, -0.05) is 6.07 Å². The minimum absolute atomic E-state index is 0.170. The van der Waals surface area contributed by atoms with Gasteiger partial charge in [0.25, 0.3) is 5.56 Å². The fraction of sp³-hybridized carbons (Fsp3) is 0.167. The average molecular weight is 297 g/mol. The molecule has 0 N–H and O–H groups in total. The van der Waals surface area contributed by atoms with Crippen molar-refractivity contribution in [2.75, 3.05) is 0 Å². The van der Waals surface area contributed by atoms with Gasteiger partial charge in [-0.05, 0) is 46.6 Å². The van der Waals surface area contributed by atoms with Crippen molar-refractivity contribution >= 4 is 15.9 Å². The average Bonchev–Trinajstić information content (AvgIpc) is 2.29. The standard InChI is InChI=1S/C12H10BrFN2O/c1-8-2-5-12(17)16(15-8)7-9-3-4-11(14)10(13)6-9/h2-6H,7H2,1H3. The fourth-order valence-corrected chi connectivity index (χ4v) is 1.90. The number of hydrogen-bond donors (Lipinski definition) is 0. The molecule has 1 aromatic heterocycles. The molecule has 2 rings (SSSR count). The first-order valence-corrected chi connectivity index (χ1v) is 5.84. The first-order valence-electron chi connectivity index (χ1n) is 5.05. The Labute approximate surface area is 106 Å². The number of nitrogens with zero attached hydrogens (tertiary/aromatic N) is 2. The molecule has 1 aromatic carbocycles. The van der Waals surface area contributed by atoms with Crippen LogP contribution in [0.3, 0.4) is 0 Å². The quantitative estimate of drug-likeness (QED) is 0.853. The minimum Gasteiger partial charge on any atom is -0.268 e. The maximum atomic E-state index is 13.0. The highest BCUT2D eigenvalue weighted by Crippen LogP contribution is 2.17. The Bertz CT molecular complexity index is 610. The highest BCUT2D eigenvalue weighted by Gasteiger charge is 2.03. The van der Waals surface area contributed by atoms with Crippen molar-refractivity contribution in [3.63, 3.8) is 0 Å². The van der Waals surface area contributed by atoms with Gasteiger partial charge in [-0.25, -0.2) is 9.07 Å². The molecule has 0 bridgehead atoms. The molecule has 0 aliphatic rings. The molecule has 0 spiro atoms. The van der Waals surface area contributed by atoms with E-state index in [1.807, 2.05) is 6.92 Å². The third kappa shape index (κ3) is 2.79. The van der Waals surface area contributed by atoms with Crippen molar-refractivity contribution in [3.05, 3.63) is 62.2 Å². The molecule has 0 radical (unpaired) electrons. The number of aryl methyl sites for hydroxylation is 1. The maximum absolute atomic E-state index is 13.0. The molecule has 0 amide bonds. The topological polar surface area (TPSA) is 34.9 Å². The van der Waals surface area contributed by atoms with E-state index in [1.165, 1.54) is 16.8 Å². The van der Waals surface area contributed by atoms with Crippen molar-refractivity contribution in [1.29, 1.82) is 0 Å². The summed E-state index contributed by atoms with van der Waals surface area (Å²) in [6.07, 6.45) is 0. The first kappa shape index (κ1) is 12.0. The van der Waals surface area contributed by atoms with Crippen molar-refractivity contribution in [2.24, 2.45) is 0 Å². The summed E-state index contributed by atoms with van der Waals surface area (Å²) in [5.41, 5.74) is 1.42. The second kappa shape index (κ2) is 4.79. The Kier molecular flexibility index (Phi) is 3.38. The van der Waals surface area contributed by atoms with Crippen LogP contribution in [0.15, 0.2) is 39.6 Å². The van der Waals surface area contributed by atoms with Crippen LogP contribution in [0.1, 0.15) is 11.3 Å². The first-order chi connectivity index (χ1) is 8.06. The predicted molar refractivity (Wildman–Crippen MR) is 66.4 cm³/mol. The summed E-state index contributed by atoms with van der Waals surface area (Å²) < 4.78 is 14.8. The summed E-state index contributed by atoms with van der Waals surface area (Å²) in [7, 11) is 0. The summed E-state index contributed by atoms with van der Waals surface area (Å²) in [6, 6.07) is 7.78. The van der Waals surface area contributed by atoms with Gasteiger partial charge in [-0.15, -0.1) is 0 Å². The van der Waals surface area contributed by atoms with E-state index >= 15 is 0 Å². The molecule has 1 heterocycles. The molecule has 5 heteroatoms. The van der Waals surface area contributed by atoms with E-state index < -0.39 is 0 Å². The van der Waals surface area contributed by atoms with Gasteiger partial charge in [-0.2, -0.15) is 5.10 Å². The molecule has 0 atom stereocenters. The van der Waals surface area contributed by atoms with Crippen LogP contribution in [-0.2, 0) is 6.54 Å². The summed E-state index contributed by atoms with van der Waals surface area (Å²) in [5, 5.41) is 4.12. The largest absolute Gasteiger partial charge is 0.268 e. The monoisotopic (exact) mass is 296 g/mol. The van der Waals surface area contributed by atoms with Gasteiger partial charge in [0, 0.05) is 6.07 Å². The van der Waals surface area contributed by atoms with Crippen LogP contribution >= 0.6 is 15.9 Å². The second-order valence-corrected chi connectivity index (χ2v) is 4.57. The lowest BCUT2D eigenvalue weighted by Crippen LogP contribution is -2.22. The van der Waals surface area contributed by atoms with Crippen molar-refractivity contribution in [1.82, 2.24) is 9.78 Å². The van der Waals surface area contributed by atoms with Gasteiger partial charge in [0.2, 0.25) is 0 Å². The van der Waals surface area contributed by atoms with E-state index in [4.69, 9.17) is 0 Å². The molecule has 17 heavy (non-hydrogen) atoms. The van der Waals surface area contributed by atoms with E-state index in [-0.39, 0.29) is 11.4 Å².